The van der Waals surface area contributed by atoms with Gasteiger partial charge in [-0.15, -0.1) is 0 Å². The standard InChI is InChI=1S/C30H35N3O4S/c1-7-32(8-2)22-16-14-21(15-17-22)18-25-28(34)33-27(23-12-10-11-13-24(23)37-19(4)5)26(29(35)36-9-3)20(6)31-30(33)38-25/h10-19,27H,7-9H2,1-6H3/b25-18+/t27-/m0/s1. The normalized spacial score (nSPS) is 15.3. The number of hydrogen-bond donors (Lipinski definition) is 0. The van der Waals surface area contributed by atoms with Crippen LogP contribution in [0.1, 0.15) is 58.7 Å². The highest BCUT2D eigenvalue weighted by Crippen LogP contribution is 2.36. The molecule has 2 aromatic carbocycles. The molecular formula is C30H35N3O4S. The van der Waals surface area contributed by atoms with Gasteiger partial charge in [-0.3, -0.25) is 9.36 Å². The average Bonchev–Trinajstić information content (AvgIpc) is 3.19. The summed E-state index contributed by atoms with van der Waals surface area (Å²) >= 11 is 1.32. The number of aromatic nitrogens is 1. The van der Waals surface area contributed by atoms with E-state index in [1.165, 1.54) is 11.3 Å². The molecule has 2 heterocycles. The molecule has 0 saturated carbocycles. The minimum Gasteiger partial charge on any atom is -0.491 e. The fraction of sp³-hybridized carbons (Fsp3) is 0.367. The third-order valence-electron chi connectivity index (χ3n) is 6.41. The number of ether oxygens (including phenoxy) is 2. The number of thiazole rings is 1. The summed E-state index contributed by atoms with van der Waals surface area (Å²) in [7, 11) is 0. The van der Waals surface area contributed by atoms with Gasteiger partial charge >= 0.3 is 5.97 Å². The summed E-state index contributed by atoms with van der Waals surface area (Å²) in [5.41, 5.74) is 3.45. The Morgan fingerprint density at radius 1 is 1.11 bits per heavy atom. The van der Waals surface area contributed by atoms with Gasteiger partial charge in [-0.1, -0.05) is 41.7 Å². The van der Waals surface area contributed by atoms with Crippen molar-refractivity contribution in [3.63, 3.8) is 0 Å². The van der Waals surface area contributed by atoms with Crippen LogP contribution >= 0.6 is 11.3 Å². The number of esters is 1. The summed E-state index contributed by atoms with van der Waals surface area (Å²) in [6, 6.07) is 15.0. The number of carbonyl (C=O) groups excluding carboxylic acids is 1. The van der Waals surface area contributed by atoms with Crippen LogP contribution in [0.2, 0.25) is 0 Å². The average molecular weight is 534 g/mol. The molecule has 0 spiro atoms. The maximum atomic E-state index is 13.9. The van der Waals surface area contributed by atoms with Gasteiger partial charge < -0.3 is 14.4 Å². The quantitative estimate of drug-likeness (QED) is 0.381. The first-order chi connectivity index (χ1) is 18.3. The number of nitrogens with zero attached hydrogens (tertiary/aromatic N) is 3. The number of hydrogen-bond acceptors (Lipinski definition) is 7. The van der Waals surface area contributed by atoms with Gasteiger partial charge in [-0.2, -0.15) is 0 Å². The van der Waals surface area contributed by atoms with E-state index in [9.17, 15) is 9.59 Å². The Hall–Kier alpha value is -3.65. The van der Waals surface area contributed by atoms with Crippen molar-refractivity contribution in [1.82, 2.24) is 4.57 Å². The lowest BCUT2D eigenvalue weighted by Crippen LogP contribution is -2.40. The maximum absolute atomic E-state index is 13.9. The Labute approximate surface area is 227 Å². The van der Waals surface area contributed by atoms with E-state index >= 15 is 0 Å². The SMILES string of the molecule is CCOC(=O)C1=C(C)N=c2s/c(=C/c3ccc(N(CC)CC)cc3)c(=O)n2[C@H]1c1ccccc1OC(C)C. The van der Waals surface area contributed by atoms with Crippen LogP contribution in [0.3, 0.4) is 0 Å². The van der Waals surface area contributed by atoms with Crippen molar-refractivity contribution in [2.45, 2.75) is 53.7 Å². The zero-order valence-corrected chi connectivity index (χ0v) is 23.7. The van der Waals surface area contributed by atoms with E-state index in [4.69, 9.17) is 9.47 Å². The molecule has 200 valence electrons. The lowest BCUT2D eigenvalue weighted by atomic mass is 9.95. The Morgan fingerprint density at radius 3 is 2.42 bits per heavy atom. The second-order valence-corrected chi connectivity index (χ2v) is 10.3. The van der Waals surface area contributed by atoms with Crippen molar-refractivity contribution in [2.75, 3.05) is 24.6 Å². The third kappa shape index (κ3) is 5.45. The zero-order valence-electron chi connectivity index (χ0n) is 22.9. The van der Waals surface area contributed by atoms with Crippen LogP contribution in [0.4, 0.5) is 5.69 Å². The largest absolute Gasteiger partial charge is 0.491 e. The second kappa shape index (κ2) is 11.8. The maximum Gasteiger partial charge on any atom is 0.338 e. The van der Waals surface area contributed by atoms with Crippen molar-refractivity contribution < 1.29 is 14.3 Å². The van der Waals surface area contributed by atoms with Crippen LogP contribution in [-0.4, -0.2) is 36.3 Å². The van der Waals surface area contributed by atoms with Crippen molar-refractivity contribution in [3.8, 4) is 5.75 Å². The fourth-order valence-electron chi connectivity index (χ4n) is 4.67. The number of allylic oxidation sites excluding steroid dienone is 1. The zero-order chi connectivity index (χ0) is 27.4. The van der Waals surface area contributed by atoms with E-state index < -0.39 is 12.0 Å². The molecule has 0 aliphatic carbocycles. The highest BCUT2D eigenvalue weighted by Gasteiger charge is 2.35. The summed E-state index contributed by atoms with van der Waals surface area (Å²) in [6.07, 6.45) is 1.80. The van der Waals surface area contributed by atoms with E-state index in [0.717, 1.165) is 29.9 Å². The molecular weight excluding hydrogens is 498 g/mol. The number of benzene rings is 2. The number of rotatable bonds is 9. The highest BCUT2D eigenvalue weighted by atomic mass is 32.1. The van der Waals surface area contributed by atoms with E-state index in [2.05, 4.69) is 35.9 Å². The van der Waals surface area contributed by atoms with Crippen LogP contribution < -0.4 is 24.5 Å². The van der Waals surface area contributed by atoms with Gasteiger partial charge in [0.2, 0.25) is 0 Å². The molecule has 0 N–H and O–H groups in total. The van der Waals surface area contributed by atoms with Gasteiger partial charge in [0.1, 0.15) is 11.8 Å². The summed E-state index contributed by atoms with van der Waals surface area (Å²) in [6.45, 7) is 13.8. The molecule has 1 aromatic heterocycles. The van der Waals surface area contributed by atoms with Gasteiger partial charge in [0.15, 0.2) is 4.80 Å². The van der Waals surface area contributed by atoms with Gasteiger partial charge in [0.25, 0.3) is 5.56 Å². The summed E-state index contributed by atoms with van der Waals surface area (Å²) in [5.74, 6) is 0.130. The molecule has 0 fully saturated rings. The highest BCUT2D eigenvalue weighted by molar-refractivity contribution is 7.07. The first-order valence-electron chi connectivity index (χ1n) is 13.1. The number of anilines is 1. The minimum absolute atomic E-state index is 0.0811. The molecule has 0 unspecified atom stereocenters. The molecule has 8 heteroatoms. The van der Waals surface area contributed by atoms with Gasteiger partial charge in [0, 0.05) is 24.3 Å². The summed E-state index contributed by atoms with van der Waals surface area (Å²) in [5, 5.41) is 0. The molecule has 3 aromatic rings. The molecule has 0 bridgehead atoms. The minimum atomic E-state index is -0.715. The monoisotopic (exact) mass is 533 g/mol. The van der Waals surface area contributed by atoms with E-state index in [0.29, 0.717) is 26.4 Å². The molecule has 0 saturated heterocycles. The van der Waals surface area contributed by atoms with Gasteiger partial charge in [0.05, 0.1) is 28.5 Å². The molecule has 4 rings (SSSR count). The summed E-state index contributed by atoms with van der Waals surface area (Å²) in [4.78, 5) is 34.6. The Bertz CT molecular complexity index is 1510. The van der Waals surface area contributed by atoms with Crippen LogP contribution in [0.5, 0.6) is 5.75 Å². The predicted molar refractivity (Wildman–Crippen MR) is 153 cm³/mol. The second-order valence-electron chi connectivity index (χ2n) is 9.27. The molecule has 0 amide bonds. The first-order valence-corrected chi connectivity index (χ1v) is 13.9. The van der Waals surface area contributed by atoms with E-state index in [-0.39, 0.29) is 18.3 Å². The third-order valence-corrected chi connectivity index (χ3v) is 7.40. The molecule has 1 atom stereocenters. The number of fused-ring (bicyclic) bond motifs is 1. The fourth-order valence-corrected chi connectivity index (χ4v) is 5.72. The predicted octanol–water partition coefficient (Wildman–Crippen LogP) is 4.43. The van der Waals surface area contributed by atoms with Gasteiger partial charge in [-0.05, 0) is 71.4 Å². The van der Waals surface area contributed by atoms with E-state index in [1.54, 1.807) is 18.4 Å². The number of para-hydroxylation sites is 1. The first kappa shape index (κ1) is 27.4. The molecule has 1 aliphatic rings. The van der Waals surface area contributed by atoms with Crippen LogP contribution in [0.25, 0.3) is 6.08 Å². The Kier molecular flexibility index (Phi) is 8.52. The Morgan fingerprint density at radius 2 is 1.79 bits per heavy atom. The van der Waals surface area contributed by atoms with Gasteiger partial charge in [-0.25, -0.2) is 9.79 Å². The molecule has 0 radical (unpaired) electrons. The molecule has 1 aliphatic heterocycles. The van der Waals surface area contributed by atoms with Crippen molar-refractivity contribution in [2.24, 2.45) is 4.99 Å². The molecule has 7 nitrogen and oxygen atoms in total. The van der Waals surface area contributed by atoms with Crippen molar-refractivity contribution in [1.29, 1.82) is 0 Å². The van der Waals surface area contributed by atoms with Crippen LogP contribution in [-0.2, 0) is 9.53 Å². The van der Waals surface area contributed by atoms with Crippen molar-refractivity contribution in [3.05, 3.63) is 90.6 Å². The smallest absolute Gasteiger partial charge is 0.338 e. The lowest BCUT2D eigenvalue weighted by Gasteiger charge is -2.26. The van der Waals surface area contributed by atoms with E-state index in [1.807, 2.05) is 56.3 Å². The molecule has 38 heavy (non-hydrogen) atoms. The topological polar surface area (TPSA) is 73.1 Å². The Balaban J connectivity index is 1.89. The van der Waals surface area contributed by atoms with Crippen LogP contribution in [0, 0.1) is 0 Å². The van der Waals surface area contributed by atoms with Crippen molar-refractivity contribution >= 4 is 29.1 Å². The summed E-state index contributed by atoms with van der Waals surface area (Å²) < 4.78 is 13.7. The van der Waals surface area contributed by atoms with Crippen LogP contribution in [0.15, 0.2) is 69.6 Å². The lowest BCUT2D eigenvalue weighted by molar-refractivity contribution is -0.139. The number of carbonyl (C=O) groups is 1.